The van der Waals surface area contributed by atoms with Crippen molar-refractivity contribution in [3.8, 4) is 17.5 Å². The molecule has 0 aliphatic heterocycles. The van der Waals surface area contributed by atoms with Crippen LogP contribution in [0.15, 0.2) is 30.3 Å². The second kappa shape index (κ2) is 6.52. The third kappa shape index (κ3) is 3.85. The van der Waals surface area contributed by atoms with Crippen molar-refractivity contribution in [2.24, 2.45) is 0 Å². The van der Waals surface area contributed by atoms with Crippen LogP contribution in [0.1, 0.15) is 36.9 Å². The average molecular weight is 328 g/mol. The summed E-state index contributed by atoms with van der Waals surface area (Å²) in [4.78, 5) is 8.94. The van der Waals surface area contributed by atoms with E-state index in [-0.39, 0.29) is 18.9 Å². The van der Waals surface area contributed by atoms with Gasteiger partial charge in [-0.1, -0.05) is 6.07 Å². The van der Waals surface area contributed by atoms with Gasteiger partial charge in [0, 0.05) is 24.6 Å². The normalized spacial score (nSPS) is 17.2. The van der Waals surface area contributed by atoms with Crippen molar-refractivity contribution >= 4 is 5.82 Å². The van der Waals surface area contributed by atoms with Gasteiger partial charge in [-0.3, -0.25) is 4.98 Å². The lowest BCUT2D eigenvalue weighted by atomic mass is 9.92. The highest BCUT2D eigenvalue weighted by Crippen LogP contribution is 2.34. The summed E-state index contributed by atoms with van der Waals surface area (Å²) in [6, 6.07) is 11.0. The summed E-state index contributed by atoms with van der Waals surface area (Å²) >= 11 is 0. The topological polar surface area (TPSA) is 61.6 Å². The summed E-state index contributed by atoms with van der Waals surface area (Å²) in [6.45, 7) is 1.89. The number of pyridine rings is 2. The fourth-order valence-corrected chi connectivity index (χ4v) is 2.88. The van der Waals surface area contributed by atoms with E-state index in [0.717, 1.165) is 5.69 Å². The van der Waals surface area contributed by atoms with Crippen LogP contribution in [0.3, 0.4) is 0 Å². The largest absolute Gasteiger partial charge is 0.367 e. The number of aromatic nitrogens is 2. The Hall–Kier alpha value is -2.55. The van der Waals surface area contributed by atoms with E-state index in [1.807, 2.05) is 25.1 Å². The van der Waals surface area contributed by atoms with E-state index in [4.69, 9.17) is 0 Å². The Kier molecular flexibility index (Phi) is 4.43. The predicted octanol–water partition coefficient (Wildman–Crippen LogP) is 4.31. The van der Waals surface area contributed by atoms with Gasteiger partial charge in [0.2, 0.25) is 5.92 Å². The third-order valence-corrected chi connectivity index (χ3v) is 4.17. The summed E-state index contributed by atoms with van der Waals surface area (Å²) in [6.07, 6.45) is 0.552. The zero-order valence-corrected chi connectivity index (χ0v) is 13.4. The Labute approximate surface area is 139 Å². The standard InChI is InChI=1S/C18H18F2N4/c1-12-3-2-4-15(22-12)16-9-13(11-21)10-17(24-16)23-14-5-7-18(19,20)8-6-14/h2-4,9-10,14H,5-8H2,1H3,(H,23,24). The van der Waals surface area contributed by atoms with Crippen molar-refractivity contribution in [1.29, 1.82) is 5.26 Å². The first kappa shape index (κ1) is 16.3. The van der Waals surface area contributed by atoms with E-state index < -0.39 is 5.92 Å². The molecule has 1 aliphatic rings. The molecule has 0 saturated heterocycles. The first-order chi connectivity index (χ1) is 11.4. The molecule has 0 atom stereocenters. The van der Waals surface area contributed by atoms with Crippen LogP contribution in [-0.4, -0.2) is 21.9 Å². The molecule has 0 spiro atoms. The summed E-state index contributed by atoms with van der Waals surface area (Å²) in [7, 11) is 0. The van der Waals surface area contributed by atoms with Gasteiger partial charge < -0.3 is 5.32 Å². The van der Waals surface area contributed by atoms with Crippen LogP contribution in [-0.2, 0) is 0 Å². The zero-order chi connectivity index (χ0) is 17.2. The second-order valence-corrected chi connectivity index (χ2v) is 6.18. The van der Waals surface area contributed by atoms with Crippen molar-refractivity contribution in [3.63, 3.8) is 0 Å². The molecule has 124 valence electrons. The number of hydrogen-bond donors (Lipinski definition) is 1. The van der Waals surface area contributed by atoms with Crippen molar-refractivity contribution in [3.05, 3.63) is 41.6 Å². The first-order valence-corrected chi connectivity index (χ1v) is 7.96. The van der Waals surface area contributed by atoms with E-state index in [2.05, 4.69) is 21.4 Å². The number of halogens is 2. The summed E-state index contributed by atoms with van der Waals surface area (Å²) < 4.78 is 26.5. The van der Waals surface area contributed by atoms with Gasteiger partial charge in [0.1, 0.15) is 5.82 Å². The van der Waals surface area contributed by atoms with Gasteiger partial charge in [0.15, 0.2) is 0 Å². The van der Waals surface area contributed by atoms with Gasteiger partial charge in [-0.05, 0) is 44.0 Å². The summed E-state index contributed by atoms with van der Waals surface area (Å²) in [5, 5.41) is 12.4. The van der Waals surface area contributed by atoms with E-state index in [1.165, 1.54) is 0 Å². The molecule has 6 heteroatoms. The van der Waals surface area contributed by atoms with Crippen LogP contribution in [0.25, 0.3) is 11.4 Å². The zero-order valence-electron chi connectivity index (χ0n) is 13.4. The Morgan fingerprint density at radius 1 is 1.17 bits per heavy atom. The molecule has 0 bridgehead atoms. The smallest absolute Gasteiger partial charge is 0.248 e. The molecule has 24 heavy (non-hydrogen) atoms. The lowest BCUT2D eigenvalue weighted by Gasteiger charge is -2.29. The second-order valence-electron chi connectivity index (χ2n) is 6.18. The van der Waals surface area contributed by atoms with Crippen LogP contribution in [0.5, 0.6) is 0 Å². The molecule has 4 nitrogen and oxygen atoms in total. The van der Waals surface area contributed by atoms with Gasteiger partial charge in [-0.25, -0.2) is 13.8 Å². The quantitative estimate of drug-likeness (QED) is 0.912. The molecule has 0 unspecified atom stereocenters. The molecule has 2 aromatic rings. The molecule has 0 aromatic carbocycles. The van der Waals surface area contributed by atoms with Crippen molar-refractivity contribution in [2.45, 2.75) is 44.6 Å². The molecule has 1 N–H and O–H groups in total. The molecule has 2 aromatic heterocycles. The Bertz CT molecular complexity index is 773. The number of aryl methyl sites for hydroxylation is 1. The van der Waals surface area contributed by atoms with Crippen molar-refractivity contribution < 1.29 is 8.78 Å². The van der Waals surface area contributed by atoms with Gasteiger partial charge in [0.05, 0.1) is 23.0 Å². The number of anilines is 1. The van der Waals surface area contributed by atoms with E-state index in [1.54, 1.807) is 12.1 Å². The van der Waals surface area contributed by atoms with Crippen LogP contribution >= 0.6 is 0 Å². The van der Waals surface area contributed by atoms with Gasteiger partial charge >= 0.3 is 0 Å². The lowest BCUT2D eigenvalue weighted by molar-refractivity contribution is -0.0361. The minimum Gasteiger partial charge on any atom is -0.367 e. The Morgan fingerprint density at radius 2 is 1.92 bits per heavy atom. The van der Waals surface area contributed by atoms with E-state index in [0.29, 0.717) is 35.6 Å². The van der Waals surface area contributed by atoms with Gasteiger partial charge in [-0.2, -0.15) is 5.26 Å². The Balaban J connectivity index is 1.84. The molecule has 2 heterocycles. The molecule has 1 fully saturated rings. The molecule has 1 aliphatic carbocycles. The maximum atomic E-state index is 13.3. The third-order valence-electron chi connectivity index (χ3n) is 4.17. The SMILES string of the molecule is Cc1cccc(-c2cc(C#N)cc(NC3CCC(F)(F)CC3)n2)n1. The first-order valence-electron chi connectivity index (χ1n) is 7.96. The molecule has 1 saturated carbocycles. The van der Waals surface area contributed by atoms with Crippen LogP contribution in [0.4, 0.5) is 14.6 Å². The number of hydrogen-bond acceptors (Lipinski definition) is 4. The fourth-order valence-electron chi connectivity index (χ4n) is 2.88. The van der Waals surface area contributed by atoms with Crippen LogP contribution < -0.4 is 5.32 Å². The number of nitrogens with zero attached hydrogens (tertiary/aromatic N) is 3. The van der Waals surface area contributed by atoms with E-state index >= 15 is 0 Å². The monoisotopic (exact) mass is 328 g/mol. The maximum absolute atomic E-state index is 13.3. The highest BCUT2D eigenvalue weighted by Gasteiger charge is 2.34. The van der Waals surface area contributed by atoms with E-state index in [9.17, 15) is 14.0 Å². The molecule has 3 rings (SSSR count). The highest BCUT2D eigenvalue weighted by atomic mass is 19.3. The number of nitriles is 1. The average Bonchev–Trinajstić information content (AvgIpc) is 2.56. The Morgan fingerprint density at radius 3 is 2.58 bits per heavy atom. The van der Waals surface area contributed by atoms with Crippen molar-refractivity contribution in [2.75, 3.05) is 5.32 Å². The number of alkyl halides is 2. The summed E-state index contributed by atoms with van der Waals surface area (Å²) in [5.41, 5.74) is 2.61. The predicted molar refractivity (Wildman–Crippen MR) is 87.7 cm³/mol. The van der Waals surface area contributed by atoms with Crippen LogP contribution in [0.2, 0.25) is 0 Å². The van der Waals surface area contributed by atoms with Gasteiger partial charge in [-0.15, -0.1) is 0 Å². The molecular formula is C18H18F2N4. The minimum atomic E-state index is -2.56. The number of nitrogens with one attached hydrogen (secondary N) is 1. The maximum Gasteiger partial charge on any atom is 0.248 e. The highest BCUT2D eigenvalue weighted by molar-refractivity contribution is 5.61. The molecule has 0 radical (unpaired) electrons. The fraction of sp³-hybridized carbons (Fsp3) is 0.389. The number of rotatable bonds is 3. The minimum absolute atomic E-state index is 0.0515. The van der Waals surface area contributed by atoms with Crippen molar-refractivity contribution in [1.82, 2.24) is 9.97 Å². The van der Waals surface area contributed by atoms with Gasteiger partial charge in [0.25, 0.3) is 0 Å². The summed E-state index contributed by atoms with van der Waals surface area (Å²) in [5.74, 6) is -2.03. The lowest BCUT2D eigenvalue weighted by Crippen LogP contribution is -2.32. The van der Waals surface area contributed by atoms with Crippen LogP contribution in [0, 0.1) is 18.3 Å². The molecular weight excluding hydrogens is 310 g/mol. The molecule has 0 amide bonds.